The van der Waals surface area contributed by atoms with Gasteiger partial charge in [0.05, 0.1) is 12.0 Å². The fourth-order valence-electron chi connectivity index (χ4n) is 2.52. The maximum atomic E-state index is 10.1. The van der Waals surface area contributed by atoms with Crippen molar-refractivity contribution < 1.29 is 14.9 Å². The largest absolute Gasteiger partial charge is 0.392 e. The Morgan fingerprint density at radius 1 is 1.62 bits per heavy atom. The van der Waals surface area contributed by atoms with E-state index in [1.165, 1.54) is 6.33 Å². The number of aliphatic hydroxyl groups excluding tert-OH is 2. The smallest absolute Gasteiger partial charge is 0.179 e. The quantitative estimate of drug-likeness (QED) is 0.494. The van der Waals surface area contributed by atoms with Crippen LogP contribution in [0.4, 0.5) is 5.82 Å². The minimum atomic E-state index is -1.38. The second kappa shape index (κ2) is 5.10. The summed E-state index contributed by atoms with van der Waals surface area (Å²) < 4.78 is 8.36. The molecule has 4 N–H and O–H groups in total. The molecule has 2 aromatic heterocycles. The predicted molar refractivity (Wildman–Crippen MR) is 84.1 cm³/mol. The zero-order valence-corrected chi connectivity index (χ0v) is 13.1. The molecule has 0 radical (unpaired) electrons. The number of nitrogens with zero attached hydrogens (tertiary/aromatic N) is 3. The fourth-order valence-corrected chi connectivity index (χ4v) is 3.34. The van der Waals surface area contributed by atoms with E-state index < -0.39 is 24.5 Å². The van der Waals surface area contributed by atoms with E-state index in [2.05, 4.69) is 38.5 Å². The zero-order chi connectivity index (χ0) is 15.2. The van der Waals surface area contributed by atoms with Crippen molar-refractivity contribution in [1.29, 1.82) is 0 Å². The van der Waals surface area contributed by atoms with Crippen molar-refractivity contribution >= 4 is 39.4 Å². The molecular weight excluding hydrogens is 387 g/mol. The van der Waals surface area contributed by atoms with Crippen LogP contribution < -0.4 is 5.73 Å². The Hall–Kier alpha value is -1.41. The number of rotatable bonds is 2. The van der Waals surface area contributed by atoms with E-state index >= 15 is 0 Å². The number of aliphatic hydroxyl groups is 2. The highest BCUT2D eigenvalue weighted by Gasteiger charge is 2.47. The number of halogens is 1. The van der Waals surface area contributed by atoms with Gasteiger partial charge >= 0.3 is 0 Å². The molecule has 3 atom stereocenters. The lowest BCUT2D eigenvalue weighted by atomic mass is 9.99. The molecule has 3 heterocycles. The number of fused-ring (bicyclic) bond motifs is 1. The van der Waals surface area contributed by atoms with E-state index in [1.54, 1.807) is 4.57 Å². The molecular formula is C13H13IN4O3. The Bertz CT molecular complexity index is 741. The van der Waals surface area contributed by atoms with E-state index in [0.29, 0.717) is 11.5 Å². The van der Waals surface area contributed by atoms with Crippen LogP contribution in [0.5, 0.6) is 0 Å². The highest BCUT2D eigenvalue weighted by molar-refractivity contribution is 14.1. The molecule has 0 saturated carbocycles. The average molecular weight is 400 g/mol. The lowest BCUT2D eigenvalue weighted by Gasteiger charge is -2.23. The number of hydrogen-bond donors (Lipinski definition) is 3. The summed E-state index contributed by atoms with van der Waals surface area (Å²) in [6.45, 7) is -0.450. The van der Waals surface area contributed by atoms with Crippen molar-refractivity contribution in [1.82, 2.24) is 14.5 Å². The third-order valence-corrected chi connectivity index (χ3v) is 4.51. The minimum Gasteiger partial charge on any atom is -0.392 e. The Labute approximate surface area is 134 Å². The number of terminal acetylenes is 1. The maximum absolute atomic E-state index is 10.1. The molecule has 21 heavy (non-hydrogen) atoms. The lowest BCUT2D eigenvalue weighted by Crippen LogP contribution is -2.41. The van der Waals surface area contributed by atoms with Gasteiger partial charge in [0.15, 0.2) is 5.60 Å². The van der Waals surface area contributed by atoms with Crippen molar-refractivity contribution in [3.63, 3.8) is 0 Å². The summed E-state index contributed by atoms with van der Waals surface area (Å²) in [5, 5.41) is 20.3. The van der Waals surface area contributed by atoms with Gasteiger partial charge in [-0.3, -0.25) is 0 Å². The average Bonchev–Trinajstić information content (AvgIpc) is 2.98. The first-order valence-electron chi connectivity index (χ1n) is 6.23. The molecule has 0 aromatic carbocycles. The first-order valence-corrected chi connectivity index (χ1v) is 7.31. The molecule has 1 saturated heterocycles. The van der Waals surface area contributed by atoms with E-state index in [-0.39, 0.29) is 6.42 Å². The van der Waals surface area contributed by atoms with Crippen LogP contribution in [0, 0.1) is 15.9 Å². The number of ether oxygens (including phenoxy) is 1. The van der Waals surface area contributed by atoms with Gasteiger partial charge in [0.25, 0.3) is 0 Å². The Kier molecular flexibility index (Phi) is 3.53. The zero-order valence-electron chi connectivity index (χ0n) is 10.9. The fraction of sp³-hybridized carbons (Fsp3) is 0.385. The van der Waals surface area contributed by atoms with Crippen molar-refractivity contribution in [3.8, 4) is 12.3 Å². The number of hydrogen-bond acceptors (Lipinski definition) is 6. The predicted octanol–water partition coefficient (Wildman–Crippen LogP) is 0.262. The molecule has 0 unspecified atom stereocenters. The first kappa shape index (κ1) is 14.5. The van der Waals surface area contributed by atoms with Gasteiger partial charge in [-0.1, -0.05) is 5.92 Å². The van der Waals surface area contributed by atoms with E-state index in [9.17, 15) is 10.2 Å². The van der Waals surface area contributed by atoms with Crippen LogP contribution in [0.2, 0.25) is 0 Å². The van der Waals surface area contributed by atoms with Gasteiger partial charge in [-0.25, -0.2) is 9.97 Å². The summed E-state index contributed by atoms with van der Waals surface area (Å²) in [6, 6.07) is 0. The van der Waals surface area contributed by atoms with Crippen LogP contribution in [0.3, 0.4) is 0 Å². The topological polar surface area (TPSA) is 106 Å². The molecule has 0 spiro atoms. The standard InChI is InChI=1S/C13H13IN4O3/c1-2-13(5-19)8(20)3-9(21-13)18-4-7(14)10-11(15)16-6-17-12(10)18/h1,4,6,8-9,19-20H,3,5H2,(H2,15,16,17)/t8-,9+,13+/m0/s1. The monoisotopic (exact) mass is 400 g/mol. The van der Waals surface area contributed by atoms with Crippen LogP contribution in [-0.4, -0.2) is 43.1 Å². The summed E-state index contributed by atoms with van der Waals surface area (Å²) in [5.74, 6) is 2.73. The highest BCUT2D eigenvalue weighted by Crippen LogP contribution is 2.39. The molecule has 7 nitrogen and oxygen atoms in total. The van der Waals surface area contributed by atoms with Crippen molar-refractivity contribution in [2.75, 3.05) is 12.3 Å². The molecule has 0 aliphatic carbocycles. The second-order valence-corrected chi connectivity index (χ2v) is 6.02. The molecule has 3 rings (SSSR count). The summed E-state index contributed by atoms with van der Waals surface area (Å²) in [5.41, 5.74) is 5.09. The number of nitrogen functional groups attached to an aromatic ring is 1. The summed E-state index contributed by atoms with van der Waals surface area (Å²) in [6.07, 6.45) is 7.37. The van der Waals surface area contributed by atoms with Crippen LogP contribution in [0.25, 0.3) is 11.0 Å². The maximum Gasteiger partial charge on any atom is 0.179 e. The molecule has 0 amide bonds. The molecule has 2 aromatic rings. The minimum absolute atomic E-state index is 0.258. The van der Waals surface area contributed by atoms with Gasteiger partial charge in [-0.15, -0.1) is 6.42 Å². The normalized spacial score (nSPS) is 28.9. The number of nitrogens with two attached hydrogens (primary N) is 1. The summed E-state index contributed by atoms with van der Waals surface area (Å²) in [4.78, 5) is 8.19. The van der Waals surface area contributed by atoms with E-state index in [1.807, 2.05) is 6.20 Å². The lowest BCUT2D eigenvalue weighted by molar-refractivity contribution is -0.0890. The van der Waals surface area contributed by atoms with Crippen molar-refractivity contribution in [2.24, 2.45) is 0 Å². The van der Waals surface area contributed by atoms with Crippen LogP contribution in [-0.2, 0) is 4.74 Å². The third-order valence-electron chi connectivity index (χ3n) is 3.69. The summed E-state index contributed by atoms with van der Waals surface area (Å²) >= 11 is 2.14. The molecule has 1 fully saturated rings. The van der Waals surface area contributed by atoms with Crippen molar-refractivity contribution in [3.05, 3.63) is 16.1 Å². The number of aromatic nitrogens is 3. The van der Waals surface area contributed by atoms with Crippen LogP contribution >= 0.6 is 22.6 Å². The molecule has 1 aliphatic rings. The molecule has 0 bridgehead atoms. The van der Waals surface area contributed by atoms with Gasteiger partial charge in [0.2, 0.25) is 0 Å². The van der Waals surface area contributed by atoms with Gasteiger partial charge in [0, 0.05) is 16.2 Å². The van der Waals surface area contributed by atoms with Crippen molar-refractivity contribution in [2.45, 2.75) is 24.4 Å². The third kappa shape index (κ3) is 2.08. The number of anilines is 1. The van der Waals surface area contributed by atoms with Gasteiger partial charge < -0.3 is 25.3 Å². The molecule has 110 valence electrons. The highest BCUT2D eigenvalue weighted by atomic mass is 127. The SMILES string of the molecule is C#C[C@]1(CO)O[C@@H](n2cc(I)c3c(N)ncnc32)C[C@@H]1O. The second-order valence-electron chi connectivity index (χ2n) is 4.86. The Morgan fingerprint density at radius 2 is 2.38 bits per heavy atom. The van der Waals surface area contributed by atoms with E-state index in [4.69, 9.17) is 16.9 Å². The summed E-state index contributed by atoms with van der Waals surface area (Å²) in [7, 11) is 0. The van der Waals surface area contributed by atoms with Gasteiger partial charge in [-0.2, -0.15) is 0 Å². The van der Waals surface area contributed by atoms with Gasteiger partial charge in [0.1, 0.15) is 30.1 Å². The van der Waals surface area contributed by atoms with Gasteiger partial charge in [-0.05, 0) is 22.6 Å². The molecule has 1 aliphatic heterocycles. The Morgan fingerprint density at radius 3 is 3.00 bits per heavy atom. The Balaban J connectivity index is 2.08. The first-order chi connectivity index (χ1) is 10.0. The van der Waals surface area contributed by atoms with Crippen LogP contribution in [0.15, 0.2) is 12.5 Å². The van der Waals surface area contributed by atoms with E-state index in [0.717, 1.165) is 8.96 Å². The molecule has 8 heteroatoms. The van der Waals surface area contributed by atoms with Crippen LogP contribution in [0.1, 0.15) is 12.6 Å².